The van der Waals surface area contributed by atoms with E-state index < -0.39 is 0 Å². The molecule has 0 aliphatic carbocycles. The topological polar surface area (TPSA) is 24.9 Å². The minimum absolute atomic E-state index is 0.972. The Balaban J connectivity index is 2.86. The smallest absolute Gasteiger partial charge is 0.0865 e. The third kappa shape index (κ3) is 1.64. The van der Waals surface area contributed by atoms with E-state index >= 15 is 0 Å². The number of hydrogen-bond donors (Lipinski definition) is 1. The minimum atomic E-state index is 0.972. The fourth-order valence-corrected chi connectivity index (χ4v) is 2.72. The lowest BCUT2D eigenvalue weighted by atomic mass is 10.2. The average Bonchev–Trinajstić information content (AvgIpc) is 2.17. The molecule has 72 valence electrons. The van der Waals surface area contributed by atoms with Gasteiger partial charge in [-0.2, -0.15) is 0 Å². The number of pyridine rings is 1. The molecule has 0 amide bonds. The van der Waals surface area contributed by atoms with Crippen LogP contribution in [0, 0.1) is 0 Å². The zero-order valence-corrected chi connectivity index (χ0v) is 10.7. The summed E-state index contributed by atoms with van der Waals surface area (Å²) in [6.07, 6.45) is 1.80. The molecule has 4 heteroatoms. The van der Waals surface area contributed by atoms with Gasteiger partial charge in [0.1, 0.15) is 0 Å². The largest absolute Gasteiger partial charge is 0.388 e. The monoisotopic (exact) mass is 314 g/mol. The third-order valence-electron chi connectivity index (χ3n) is 2.03. The summed E-state index contributed by atoms with van der Waals surface area (Å²) >= 11 is 6.95. The fourth-order valence-electron chi connectivity index (χ4n) is 1.40. The van der Waals surface area contributed by atoms with Crippen LogP contribution >= 0.6 is 31.9 Å². The molecular formula is C10H8Br2N2. The third-order valence-corrected chi connectivity index (χ3v) is 3.09. The summed E-state index contributed by atoms with van der Waals surface area (Å²) < 4.78 is 2.04. The summed E-state index contributed by atoms with van der Waals surface area (Å²) in [5.74, 6) is 0. The van der Waals surface area contributed by atoms with Gasteiger partial charge in [0.15, 0.2) is 0 Å². The number of nitrogens with zero attached hydrogens (tertiary/aromatic N) is 1. The maximum Gasteiger partial charge on any atom is 0.0865 e. The van der Waals surface area contributed by atoms with Crippen LogP contribution in [0.25, 0.3) is 10.9 Å². The molecule has 1 aromatic carbocycles. The average molecular weight is 316 g/mol. The fraction of sp³-hybridized carbons (Fsp3) is 0.100. The molecule has 1 aromatic heterocycles. The van der Waals surface area contributed by atoms with Crippen molar-refractivity contribution in [1.29, 1.82) is 0 Å². The van der Waals surface area contributed by atoms with Crippen molar-refractivity contribution in [3.63, 3.8) is 0 Å². The van der Waals surface area contributed by atoms with Crippen molar-refractivity contribution >= 4 is 48.5 Å². The first-order valence-corrected chi connectivity index (χ1v) is 5.72. The molecule has 0 atom stereocenters. The second-order valence-electron chi connectivity index (χ2n) is 2.89. The first kappa shape index (κ1) is 9.93. The van der Waals surface area contributed by atoms with Gasteiger partial charge in [-0.1, -0.05) is 15.9 Å². The van der Waals surface area contributed by atoms with E-state index in [9.17, 15) is 0 Å². The molecule has 0 fully saturated rings. The number of aromatic nitrogens is 1. The van der Waals surface area contributed by atoms with Crippen LogP contribution < -0.4 is 5.32 Å². The van der Waals surface area contributed by atoms with E-state index in [1.54, 1.807) is 6.20 Å². The summed E-state index contributed by atoms with van der Waals surface area (Å²) in [7, 11) is 1.91. The molecule has 0 radical (unpaired) electrons. The molecule has 1 heterocycles. The molecule has 0 spiro atoms. The molecule has 2 rings (SSSR count). The number of halogens is 2. The first-order chi connectivity index (χ1) is 6.72. The maximum absolute atomic E-state index is 4.32. The van der Waals surface area contributed by atoms with E-state index in [-0.39, 0.29) is 0 Å². The molecule has 0 aliphatic heterocycles. The van der Waals surface area contributed by atoms with Gasteiger partial charge in [0.25, 0.3) is 0 Å². The lowest BCUT2D eigenvalue weighted by Gasteiger charge is -2.06. The Morgan fingerprint density at radius 1 is 1.29 bits per heavy atom. The Bertz CT molecular complexity index is 483. The van der Waals surface area contributed by atoms with Gasteiger partial charge in [-0.15, -0.1) is 0 Å². The Morgan fingerprint density at radius 3 is 2.79 bits per heavy atom. The molecule has 0 saturated heterocycles. The lowest BCUT2D eigenvalue weighted by Crippen LogP contribution is -1.91. The van der Waals surface area contributed by atoms with Crippen LogP contribution in [0.5, 0.6) is 0 Å². The van der Waals surface area contributed by atoms with Crippen LogP contribution in [-0.4, -0.2) is 12.0 Å². The Labute approximate surface area is 99.0 Å². The Kier molecular flexibility index (Phi) is 2.74. The molecule has 0 saturated carbocycles. The highest BCUT2D eigenvalue weighted by Gasteiger charge is 2.05. The van der Waals surface area contributed by atoms with Crippen LogP contribution in [0.1, 0.15) is 0 Å². The van der Waals surface area contributed by atoms with Gasteiger partial charge in [0.2, 0.25) is 0 Å². The van der Waals surface area contributed by atoms with E-state index in [0.29, 0.717) is 0 Å². The van der Waals surface area contributed by atoms with Crippen molar-refractivity contribution in [1.82, 2.24) is 4.98 Å². The van der Waals surface area contributed by atoms with E-state index in [1.165, 1.54) is 0 Å². The number of fused-ring (bicyclic) bond motifs is 1. The molecule has 2 nitrogen and oxygen atoms in total. The van der Waals surface area contributed by atoms with E-state index in [4.69, 9.17) is 0 Å². The van der Waals surface area contributed by atoms with Crippen LogP contribution in [0.3, 0.4) is 0 Å². The molecule has 0 bridgehead atoms. The molecular weight excluding hydrogens is 308 g/mol. The highest BCUT2D eigenvalue weighted by atomic mass is 79.9. The van der Waals surface area contributed by atoms with Crippen LogP contribution in [0.15, 0.2) is 33.3 Å². The zero-order chi connectivity index (χ0) is 10.1. The predicted molar refractivity (Wildman–Crippen MR) is 66.7 cm³/mol. The highest BCUT2D eigenvalue weighted by molar-refractivity contribution is 9.11. The number of hydrogen-bond acceptors (Lipinski definition) is 2. The van der Waals surface area contributed by atoms with Gasteiger partial charge < -0.3 is 5.32 Å². The summed E-state index contributed by atoms with van der Waals surface area (Å²) in [6.45, 7) is 0. The van der Waals surface area contributed by atoms with Gasteiger partial charge in [0, 0.05) is 33.3 Å². The van der Waals surface area contributed by atoms with Crippen molar-refractivity contribution in [2.24, 2.45) is 0 Å². The normalized spacial score (nSPS) is 10.5. The van der Waals surface area contributed by atoms with Crippen molar-refractivity contribution in [2.45, 2.75) is 0 Å². The van der Waals surface area contributed by atoms with Gasteiger partial charge in [-0.3, -0.25) is 4.98 Å². The van der Waals surface area contributed by atoms with E-state index in [1.807, 2.05) is 19.2 Å². The van der Waals surface area contributed by atoms with Gasteiger partial charge in [-0.05, 0) is 34.1 Å². The molecule has 1 N–H and O–H groups in total. The van der Waals surface area contributed by atoms with E-state index in [2.05, 4.69) is 48.2 Å². The van der Waals surface area contributed by atoms with Crippen molar-refractivity contribution in [3.8, 4) is 0 Å². The zero-order valence-electron chi connectivity index (χ0n) is 7.51. The SMILES string of the molecule is CNc1ccnc2c(Br)cc(Br)cc12. The van der Waals surface area contributed by atoms with Crippen molar-refractivity contribution in [3.05, 3.63) is 33.3 Å². The van der Waals surface area contributed by atoms with Crippen molar-refractivity contribution < 1.29 is 0 Å². The number of anilines is 1. The molecule has 0 unspecified atom stereocenters. The van der Waals surface area contributed by atoms with Gasteiger partial charge >= 0.3 is 0 Å². The summed E-state index contributed by atoms with van der Waals surface area (Å²) in [6, 6.07) is 6.01. The van der Waals surface area contributed by atoms with Gasteiger partial charge in [0.05, 0.1) is 5.52 Å². The molecule has 2 aromatic rings. The second kappa shape index (κ2) is 3.87. The van der Waals surface area contributed by atoms with Crippen LogP contribution in [0.4, 0.5) is 5.69 Å². The number of rotatable bonds is 1. The molecule has 0 aliphatic rings. The first-order valence-electron chi connectivity index (χ1n) is 4.14. The summed E-state index contributed by atoms with van der Waals surface area (Å²) in [5.41, 5.74) is 2.05. The predicted octanol–water partition coefficient (Wildman–Crippen LogP) is 3.80. The highest BCUT2D eigenvalue weighted by Crippen LogP contribution is 2.30. The number of nitrogens with one attached hydrogen (secondary N) is 1. The quantitative estimate of drug-likeness (QED) is 0.865. The van der Waals surface area contributed by atoms with E-state index in [0.717, 1.165) is 25.5 Å². The summed E-state index contributed by atoms with van der Waals surface area (Å²) in [4.78, 5) is 4.32. The standard InChI is InChI=1S/C10H8Br2N2/c1-13-9-2-3-14-10-7(9)4-6(11)5-8(10)12/h2-5H,1H3,(H,13,14). The van der Waals surface area contributed by atoms with Crippen molar-refractivity contribution in [2.75, 3.05) is 12.4 Å². The lowest BCUT2D eigenvalue weighted by molar-refractivity contribution is 1.38. The molecule has 14 heavy (non-hydrogen) atoms. The van der Waals surface area contributed by atoms with Gasteiger partial charge in [-0.25, -0.2) is 0 Å². The maximum atomic E-state index is 4.32. The van der Waals surface area contributed by atoms with Crippen LogP contribution in [-0.2, 0) is 0 Å². The minimum Gasteiger partial charge on any atom is -0.388 e. The second-order valence-corrected chi connectivity index (χ2v) is 4.66. The Morgan fingerprint density at radius 2 is 2.07 bits per heavy atom. The van der Waals surface area contributed by atoms with Crippen LogP contribution in [0.2, 0.25) is 0 Å². The number of benzene rings is 1. The summed E-state index contributed by atoms with van der Waals surface area (Å²) in [5, 5.41) is 4.25. The Hall–Kier alpha value is -0.610.